The molecular weight excluding hydrogens is 138 g/mol. The summed E-state index contributed by atoms with van der Waals surface area (Å²) in [5.74, 6) is -2.20. The third kappa shape index (κ3) is 30.3. The van der Waals surface area contributed by atoms with E-state index >= 15 is 0 Å². The maximum atomic E-state index is 9.24. The summed E-state index contributed by atoms with van der Waals surface area (Å²) in [5.41, 5.74) is 4.57. The minimum atomic E-state index is -1.23. The SMILES string of the molecule is C=CC(=O)[O-].NCC(=O)O. The van der Waals surface area contributed by atoms with Crippen LogP contribution < -0.4 is 10.8 Å². The molecule has 0 saturated carbocycles. The standard InChI is InChI=1S/C3H4O2.C2H5NO2/c1-2-3(4)5;3-1-2(4)5/h2H,1H2,(H,4,5);1,3H2,(H,4,5)/p-1. The molecule has 5 heteroatoms. The minimum Gasteiger partial charge on any atom is -0.545 e. The van der Waals surface area contributed by atoms with Gasteiger partial charge in [0.1, 0.15) is 0 Å². The highest BCUT2D eigenvalue weighted by molar-refractivity contribution is 5.76. The Morgan fingerprint density at radius 2 is 1.90 bits per heavy atom. The second-order valence-corrected chi connectivity index (χ2v) is 1.12. The summed E-state index contributed by atoms with van der Waals surface area (Å²) in [4.78, 5) is 18.4. The fourth-order valence-corrected chi connectivity index (χ4v) is 0. The second kappa shape index (κ2) is 7.64. The molecule has 0 amide bonds. The molecule has 0 heterocycles. The lowest BCUT2D eigenvalue weighted by Gasteiger charge is -1.81. The van der Waals surface area contributed by atoms with E-state index in [9.17, 15) is 4.79 Å². The monoisotopic (exact) mass is 146 g/mol. The van der Waals surface area contributed by atoms with Gasteiger partial charge >= 0.3 is 5.97 Å². The molecule has 0 aliphatic carbocycles. The molecule has 0 unspecified atom stereocenters. The Balaban J connectivity index is 0. The first-order valence-corrected chi connectivity index (χ1v) is 2.29. The van der Waals surface area contributed by atoms with Crippen LogP contribution in [0.3, 0.4) is 0 Å². The van der Waals surface area contributed by atoms with Crippen molar-refractivity contribution in [2.75, 3.05) is 6.54 Å². The van der Waals surface area contributed by atoms with E-state index in [0.29, 0.717) is 0 Å². The number of rotatable bonds is 2. The first-order valence-electron chi connectivity index (χ1n) is 2.29. The lowest BCUT2D eigenvalue weighted by molar-refractivity contribution is -0.297. The molecule has 0 aliphatic heterocycles. The molecule has 0 aliphatic rings. The molecule has 0 bridgehead atoms. The zero-order chi connectivity index (χ0) is 8.57. The highest BCUT2D eigenvalue weighted by Gasteiger charge is 1.81. The summed E-state index contributed by atoms with van der Waals surface area (Å²) in [7, 11) is 0. The van der Waals surface area contributed by atoms with Gasteiger partial charge in [0.05, 0.1) is 12.5 Å². The molecule has 0 saturated heterocycles. The van der Waals surface area contributed by atoms with Crippen LogP contribution in [0, 0.1) is 0 Å². The van der Waals surface area contributed by atoms with Crippen LogP contribution >= 0.6 is 0 Å². The molecule has 58 valence electrons. The first-order chi connectivity index (χ1) is 4.54. The number of hydrogen-bond donors (Lipinski definition) is 2. The molecule has 0 rings (SSSR count). The molecule has 0 spiro atoms. The van der Waals surface area contributed by atoms with Crippen molar-refractivity contribution in [1.29, 1.82) is 0 Å². The van der Waals surface area contributed by atoms with E-state index in [4.69, 9.17) is 15.0 Å². The maximum absolute atomic E-state index is 9.24. The normalized spacial score (nSPS) is 6.90. The van der Waals surface area contributed by atoms with Gasteiger partial charge in [0, 0.05) is 0 Å². The van der Waals surface area contributed by atoms with E-state index in [0.717, 1.165) is 6.08 Å². The van der Waals surface area contributed by atoms with Crippen molar-refractivity contribution in [1.82, 2.24) is 0 Å². The average Bonchev–Trinajstić information content (AvgIpc) is 1.89. The third-order valence-corrected chi connectivity index (χ3v) is 0.341. The summed E-state index contributed by atoms with van der Waals surface area (Å²) in [5, 5.41) is 16.7. The van der Waals surface area contributed by atoms with E-state index in [-0.39, 0.29) is 6.54 Å². The van der Waals surface area contributed by atoms with Crippen LogP contribution in [0.1, 0.15) is 0 Å². The Morgan fingerprint density at radius 1 is 1.70 bits per heavy atom. The third-order valence-electron chi connectivity index (χ3n) is 0.341. The fourth-order valence-electron chi connectivity index (χ4n) is 0. The quantitative estimate of drug-likeness (QED) is 0.436. The summed E-state index contributed by atoms with van der Waals surface area (Å²) in [6, 6.07) is 0. The molecule has 0 aromatic rings. The molecule has 5 nitrogen and oxygen atoms in total. The number of aliphatic carboxylic acids is 2. The maximum Gasteiger partial charge on any atom is 0.317 e. The molecule has 0 fully saturated rings. The highest BCUT2D eigenvalue weighted by Crippen LogP contribution is 1.47. The molecule has 0 aromatic carbocycles. The van der Waals surface area contributed by atoms with E-state index in [1.54, 1.807) is 0 Å². The van der Waals surface area contributed by atoms with Crippen molar-refractivity contribution < 1.29 is 19.8 Å². The number of hydrogen-bond acceptors (Lipinski definition) is 4. The van der Waals surface area contributed by atoms with Crippen LogP contribution in [0.15, 0.2) is 12.7 Å². The molecular formula is C5H8NO4-. The highest BCUT2D eigenvalue weighted by atomic mass is 16.4. The van der Waals surface area contributed by atoms with Gasteiger partial charge in [-0.1, -0.05) is 6.58 Å². The Morgan fingerprint density at radius 3 is 1.90 bits per heavy atom. The van der Waals surface area contributed by atoms with Gasteiger partial charge in [0.25, 0.3) is 0 Å². The number of carboxylic acid groups (broad SMARTS) is 2. The zero-order valence-corrected chi connectivity index (χ0v) is 5.24. The van der Waals surface area contributed by atoms with Gasteiger partial charge in [0.15, 0.2) is 0 Å². The number of carbonyl (C=O) groups is 2. The fraction of sp³-hybridized carbons (Fsp3) is 0.200. The number of carbonyl (C=O) groups excluding carboxylic acids is 1. The predicted octanol–water partition coefficient (Wildman–Crippen LogP) is -2.05. The van der Waals surface area contributed by atoms with Gasteiger partial charge < -0.3 is 20.7 Å². The van der Waals surface area contributed by atoms with Crippen LogP contribution in [0.2, 0.25) is 0 Å². The van der Waals surface area contributed by atoms with Crippen molar-refractivity contribution >= 4 is 11.9 Å². The van der Waals surface area contributed by atoms with E-state index in [1.807, 2.05) is 0 Å². The number of nitrogens with two attached hydrogens (primary N) is 1. The average molecular weight is 146 g/mol. The zero-order valence-electron chi connectivity index (χ0n) is 5.24. The summed E-state index contributed by atoms with van der Waals surface area (Å²) < 4.78 is 0. The van der Waals surface area contributed by atoms with E-state index in [2.05, 4.69) is 12.3 Å². The van der Waals surface area contributed by atoms with Gasteiger partial charge in [-0.15, -0.1) is 0 Å². The Hall–Kier alpha value is -1.36. The smallest absolute Gasteiger partial charge is 0.317 e. The lowest BCUT2D eigenvalue weighted by atomic mass is 10.7. The van der Waals surface area contributed by atoms with Crippen molar-refractivity contribution in [2.45, 2.75) is 0 Å². The first kappa shape index (κ1) is 11.4. The molecule has 10 heavy (non-hydrogen) atoms. The van der Waals surface area contributed by atoms with Gasteiger partial charge in [-0.3, -0.25) is 4.79 Å². The molecule has 0 atom stereocenters. The lowest BCUT2D eigenvalue weighted by Crippen LogP contribution is -2.17. The van der Waals surface area contributed by atoms with Crippen LogP contribution in [0.5, 0.6) is 0 Å². The van der Waals surface area contributed by atoms with Crippen molar-refractivity contribution in [3.8, 4) is 0 Å². The summed E-state index contributed by atoms with van der Waals surface area (Å²) in [6.45, 7) is 2.62. The van der Waals surface area contributed by atoms with E-state index < -0.39 is 11.9 Å². The van der Waals surface area contributed by atoms with Crippen LogP contribution in [-0.4, -0.2) is 23.6 Å². The van der Waals surface area contributed by atoms with Crippen molar-refractivity contribution in [3.05, 3.63) is 12.7 Å². The van der Waals surface area contributed by atoms with Crippen molar-refractivity contribution in [3.63, 3.8) is 0 Å². The minimum absolute atomic E-state index is 0.278. The Labute approximate surface area is 57.8 Å². The molecule has 0 radical (unpaired) electrons. The second-order valence-electron chi connectivity index (χ2n) is 1.12. The van der Waals surface area contributed by atoms with Gasteiger partial charge in [-0.05, 0) is 6.08 Å². The summed E-state index contributed by atoms with van der Waals surface area (Å²) in [6.07, 6.45) is 0.722. The molecule has 3 N–H and O–H groups in total. The summed E-state index contributed by atoms with van der Waals surface area (Å²) >= 11 is 0. The Bertz CT molecular complexity index is 132. The molecule has 0 aromatic heterocycles. The van der Waals surface area contributed by atoms with Gasteiger partial charge in [-0.25, -0.2) is 0 Å². The van der Waals surface area contributed by atoms with Crippen molar-refractivity contribution in [2.24, 2.45) is 5.73 Å². The van der Waals surface area contributed by atoms with Gasteiger partial charge in [0.2, 0.25) is 0 Å². The topological polar surface area (TPSA) is 103 Å². The Kier molecular flexibility index (Phi) is 8.74. The predicted molar refractivity (Wildman–Crippen MR) is 31.9 cm³/mol. The van der Waals surface area contributed by atoms with Crippen LogP contribution in [0.25, 0.3) is 0 Å². The number of carboxylic acids is 2. The van der Waals surface area contributed by atoms with Crippen LogP contribution in [-0.2, 0) is 9.59 Å². The largest absolute Gasteiger partial charge is 0.545 e. The van der Waals surface area contributed by atoms with E-state index in [1.165, 1.54) is 0 Å². The van der Waals surface area contributed by atoms with Crippen LogP contribution in [0.4, 0.5) is 0 Å². The van der Waals surface area contributed by atoms with Gasteiger partial charge in [-0.2, -0.15) is 0 Å².